The maximum absolute atomic E-state index is 12.2. The summed E-state index contributed by atoms with van der Waals surface area (Å²) in [6, 6.07) is 4.95. The molecule has 0 unspecified atom stereocenters. The molecule has 0 fully saturated rings. The van der Waals surface area contributed by atoms with Gasteiger partial charge in [0.1, 0.15) is 0 Å². The number of aliphatic carboxylic acids is 1. The van der Waals surface area contributed by atoms with Crippen LogP contribution in [0.3, 0.4) is 0 Å². The Kier molecular flexibility index (Phi) is 6.52. The number of rotatable bonds is 8. The summed E-state index contributed by atoms with van der Waals surface area (Å²) in [5.41, 5.74) is 0.440. The molecule has 0 aromatic heterocycles. The molecule has 6 heteroatoms. The Morgan fingerprint density at radius 2 is 1.76 bits per heavy atom. The Balaban J connectivity index is 2.88. The molecule has 1 N–H and O–H groups in total. The van der Waals surface area contributed by atoms with Crippen molar-refractivity contribution in [3.05, 3.63) is 23.8 Å². The van der Waals surface area contributed by atoms with E-state index in [1.165, 1.54) is 4.90 Å². The van der Waals surface area contributed by atoms with Gasteiger partial charge in [0.15, 0.2) is 11.5 Å². The molecular weight excluding hydrogens is 274 g/mol. The van der Waals surface area contributed by atoms with E-state index in [0.29, 0.717) is 30.3 Å². The van der Waals surface area contributed by atoms with Crippen molar-refractivity contribution in [3.63, 3.8) is 0 Å². The molecule has 1 aromatic carbocycles. The van der Waals surface area contributed by atoms with Gasteiger partial charge in [0.2, 0.25) is 0 Å². The van der Waals surface area contributed by atoms with Crippen LogP contribution >= 0.6 is 0 Å². The van der Waals surface area contributed by atoms with Crippen molar-refractivity contribution >= 4 is 11.9 Å². The number of carbonyl (C=O) groups excluding carboxylic acids is 1. The Morgan fingerprint density at radius 3 is 2.33 bits per heavy atom. The molecule has 0 heterocycles. The third-order valence-corrected chi connectivity index (χ3v) is 2.80. The van der Waals surface area contributed by atoms with Crippen molar-refractivity contribution in [1.29, 1.82) is 0 Å². The second kappa shape index (κ2) is 8.14. The largest absolute Gasteiger partial charge is 0.490 e. The maximum atomic E-state index is 12.2. The minimum Gasteiger partial charge on any atom is -0.490 e. The molecule has 116 valence electrons. The fourth-order valence-electron chi connectivity index (χ4n) is 1.77. The first kappa shape index (κ1) is 16.8. The minimum absolute atomic E-state index is 0.0857. The molecule has 21 heavy (non-hydrogen) atoms. The molecule has 0 saturated heterocycles. The molecule has 0 saturated carbocycles. The molecule has 0 bridgehead atoms. The number of benzene rings is 1. The van der Waals surface area contributed by atoms with Crippen LogP contribution in [0.4, 0.5) is 0 Å². The zero-order valence-electron chi connectivity index (χ0n) is 12.6. The average Bonchev–Trinajstić information content (AvgIpc) is 2.46. The van der Waals surface area contributed by atoms with E-state index in [9.17, 15) is 9.59 Å². The number of amides is 1. The fourth-order valence-corrected chi connectivity index (χ4v) is 1.77. The lowest BCUT2D eigenvalue weighted by molar-refractivity contribution is -0.137. The van der Waals surface area contributed by atoms with Crippen LogP contribution in [-0.2, 0) is 4.79 Å². The number of hydrogen-bond donors (Lipinski definition) is 1. The van der Waals surface area contributed by atoms with Gasteiger partial charge in [-0.25, -0.2) is 0 Å². The summed E-state index contributed by atoms with van der Waals surface area (Å²) >= 11 is 0. The second-order valence-corrected chi connectivity index (χ2v) is 4.40. The van der Waals surface area contributed by atoms with Gasteiger partial charge in [0.25, 0.3) is 5.91 Å². The molecule has 0 spiro atoms. The van der Waals surface area contributed by atoms with Gasteiger partial charge in [-0.1, -0.05) is 0 Å². The lowest BCUT2D eigenvalue weighted by Gasteiger charge is -2.17. The Labute approximate surface area is 124 Å². The highest BCUT2D eigenvalue weighted by molar-refractivity contribution is 5.95. The van der Waals surface area contributed by atoms with E-state index in [1.54, 1.807) is 25.2 Å². The summed E-state index contributed by atoms with van der Waals surface area (Å²) in [7, 11) is 1.57. The first-order valence-corrected chi connectivity index (χ1v) is 6.86. The van der Waals surface area contributed by atoms with Gasteiger partial charge >= 0.3 is 5.97 Å². The Morgan fingerprint density at radius 1 is 1.14 bits per heavy atom. The van der Waals surface area contributed by atoms with E-state index >= 15 is 0 Å². The van der Waals surface area contributed by atoms with Crippen LogP contribution in [0.25, 0.3) is 0 Å². The Bertz CT molecular complexity index is 501. The van der Waals surface area contributed by atoms with Crippen LogP contribution < -0.4 is 9.47 Å². The monoisotopic (exact) mass is 295 g/mol. The molecule has 6 nitrogen and oxygen atoms in total. The van der Waals surface area contributed by atoms with Gasteiger partial charge in [-0.05, 0) is 32.0 Å². The van der Waals surface area contributed by atoms with Crippen LogP contribution in [0.1, 0.15) is 30.6 Å². The first-order chi connectivity index (χ1) is 9.99. The molecule has 1 rings (SSSR count). The van der Waals surface area contributed by atoms with Crippen LogP contribution in [0.5, 0.6) is 11.5 Å². The summed E-state index contributed by atoms with van der Waals surface area (Å²) in [5.74, 6) is -0.0856. The number of carbonyl (C=O) groups is 2. The highest BCUT2D eigenvalue weighted by atomic mass is 16.5. The standard InChI is InChI=1S/C15H21NO5/c1-4-20-12-7-6-11(10-13(12)21-5-2)15(19)16(3)9-8-14(17)18/h6-7,10H,4-5,8-9H2,1-3H3,(H,17,18). The predicted molar refractivity (Wildman–Crippen MR) is 78.0 cm³/mol. The van der Waals surface area contributed by atoms with E-state index in [2.05, 4.69) is 0 Å². The number of carboxylic acid groups (broad SMARTS) is 1. The van der Waals surface area contributed by atoms with E-state index < -0.39 is 5.97 Å². The third-order valence-electron chi connectivity index (χ3n) is 2.80. The van der Waals surface area contributed by atoms with E-state index in [4.69, 9.17) is 14.6 Å². The number of ether oxygens (including phenoxy) is 2. The van der Waals surface area contributed by atoms with E-state index in [1.807, 2.05) is 13.8 Å². The van der Waals surface area contributed by atoms with Crippen molar-refractivity contribution in [2.45, 2.75) is 20.3 Å². The predicted octanol–water partition coefficient (Wildman–Crippen LogP) is 2.03. The number of hydrogen-bond acceptors (Lipinski definition) is 4. The maximum Gasteiger partial charge on any atom is 0.305 e. The van der Waals surface area contributed by atoms with Crippen LogP contribution in [-0.4, -0.2) is 48.7 Å². The van der Waals surface area contributed by atoms with Crippen LogP contribution in [0.15, 0.2) is 18.2 Å². The van der Waals surface area contributed by atoms with Gasteiger partial charge < -0.3 is 19.5 Å². The summed E-state index contributed by atoms with van der Waals surface area (Å²) in [4.78, 5) is 24.1. The summed E-state index contributed by atoms with van der Waals surface area (Å²) in [5, 5.41) is 8.65. The normalized spacial score (nSPS) is 10.0. The first-order valence-electron chi connectivity index (χ1n) is 6.86. The third kappa shape index (κ3) is 4.98. The topological polar surface area (TPSA) is 76.1 Å². The lowest BCUT2D eigenvalue weighted by atomic mass is 10.1. The molecule has 1 aromatic rings. The van der Waals surface area contributed by atoms with Crippen molar-refractivity contribution < 1.29 is 24.2 Å². The van der Waals surface area contributed by atoms with Gasteiger partial charge in [0.05, 0.1) is 19.6 Å². The summed E-state index contributed by atoms with van der Waals surface area (Å²) < 4.78 is 10.9. The van der Waals surface area contributed by atoms with Crippen molar-refractivity contribution in [3.8, 4) is 11.5 Å². The SMILES string of the molecule is CCOc1ccc(C(=O)N(C)CCC(=O)O)cc1OCC. The fraction of sp³-hybridized carbons (Fsp3) is 0.467. The van der Waals surface area contributed by atoms with Gasteiger partial charge in [-0.15, -0.1) is 0 Å². The van der Waals surface area contributed by atoms with Gasteiger partial charge in [-0.2, -0.15) is 0 Å². The Hall–Kier alpha value is -2.24. The highest BCUT2D eigenvalue weighted by Crippen LogP contribution is 2.28. The molecule has 1 amide bonds. The molecule has 0 atom stereocenters. The van der Waals surface area contributed by atoms with Crippen LogP contribution in [0, 0.1) is 0 Å². The van der Waals surface area contributed by atoms with Crippen molar-refractivity contribution in [2.24, 2.45) is 0 Å². The quantitative estimate of drug-likeness (QED) is 0.794. The smallest absolute Gasteiger partial charge is 0.305 e. The molecule has 0 aliphatic carbocycles. The second-order valence-electron chi connectivity index (χ2n) is 4.40. The minimum atomic E-state index is -0.934. The molecule has 0 aliphatic rings. The van der Waals surface area contributed by atoms with Gasteiger partial charge in [0, 0.05) is 19.2 Å². The van der Waals surface area contributed by atoms with Crippen molar-refractivity contribution in [2.75, 3.05) is 26.8 Å². The van der Waals surface area contributed by atoms with Gasteiger partial charge in [-0.3, -0.25) is 9.59 Å². The summed E-state index contributed by atoms with van der Waals surface area (Å²) in [6.07, 6.45) is -0.0857. The van der Waals surface area contributed by atoms with E-state index in [-0.39, 0.29) is 18.9 Å². The molecule has 0 aliphatic heterocycles. The average molecular weight is 295 g/mol. The van der Waals surface area contributed by atoms with E-state index in [0.717, 1.165) is 0 Å². The van der Waals surface area contributed by atoms with Crippen LogP contribution in [0.2, 0.25) is 0 Å². The zero-order chi connectivity index (χ0) is 15.8. The highest BCUT2D eigenvalue weighted by Gasteiger charge is 2.15. The number of carboxylic acids is 1. The number of nitrogens with zero attached hydrogens (tertiary/aromatic N) is 1. The van der Waals surface area contributed by atoms with Crippen molar-refractivity contribution in [1.82, 2.24) is 4.90 Å². The lowest BCUT2D eigenvalue weighted by Crippen LogP contribution is -2.29. The summed E-state index contributed by atoms with van der Waals surface area (Å²) in [6.45, 7) is 4.85. The zero-order valence-corrected chi connectivity index (χ0v) is 12.6. The molecular formula is C15H21NO5. The molecule has 0 radical (unpaired) electrons.